The minimum absolute atomic E-state index is 0.0162. The van der Waals surface area contributed by atoms with Crippen LogP contribution in [0.2, 0.25) is 0 Å². The monoisotopic (exact) mass is 401 g/mol. The van der Waals surface area contributed by atoms with E-state index in [1.165, 1.54) is 0 Å². The lowest BCUT2D eigenvalue weighted by Gasteiger charge is -2.09. The molecule has 3 aromatic rings. The topological polar surface area (TPSA) is 110 Å². The van der Waals surface area contributed by atoms with Crippen LogP contribution in [-0.2, 0) is 9.84 Å². The summed E-state index contributed by atoms with van der Waals surface area (Å²) in [6, 6.07) is 11.8. The number of aryl methyl sites for hydroxylation is 1. The molecule has 8 nitrogen and oxygen atoms in total. The first kappa shape index (κ1) is 18.2. The van der Waals surface area contributed by atoms with Crippen molar-refractivity contribution in [3.63, 3.8) is 0 Å². The number of aromatic amines is 1. The van der Waals surface area contributed by atoms with Crippen LogP contribution >= 0.6 is 0 Å². The highest BCUT2D eigenvalue weighted by molar-refractivity contribution is 7.91. The summed E-state index contributed by atoms with van der Waals surface area (Å²) in [5.41, 5.74) is 1.88. The molecule has 146 valence electrons. The molecule has 0 bridgehead atoms. The number of ether oxygens (including phenoxy) is 2. The number of sulfone groups is 1. The van der Waals surface area contributed by atoms with E-state index in [-0.39, 0.29) is 24.0 Å². The Morgan fingerprint density at radius 1 is 1.14 bits per heavy atom. The predicted octanol–water partition coefficient (Wildman–Crippen LogP) is 2.80. The van der Waals surface area contributed by atoms with Crippen LogP contribution < -0.4 is 20.1 Å². The first-order valence-electron chi connectivity index (χ1n) is 8.68. The number of rotatable bonds is 5. The number of urea groups is 1. The third kappa shape index (κ3) is 3.48. The van der Waals surface area contributed by atoms with Gasteiger partial charge in [0.1, 0.15) is 0 Å². The molecule has 1 aromatic heterocycles. The summed E-state index contributed by atoms with van der Waals surface area (Å²) in [7, 11) is -3.56. The lowest BCUT2D eigenvalue weighted by Crippen LogP contribution is -2.32. The number of aromatic nitrogens is 1. The first-order chi connectivity index (χ1) is 13.4. The molecule has 0 aliphatic carbocycles. The average Bonchev–Trinajstić information content (AvgIpc) is 3.24. The Hall–Kier alpha value is -3.20. The smallest absolute Gasteiger partial charge is 0.319 e. The molecule has 0 radical (unpaired) electrons. The molecule has 0 atom stereocenters. The Morgan fingerprint density at radius 2 is 1.93 bits per heavy atom. The van der Waals surface area contributed by atoms with E-state index >= 15 is 0 Å². The van der Waals surface area contributed by atoms with Gasteiger partial charge in [-0.3, -0.25) is 0 Å². The van der Waals surface area contributed by atoms with Gasteiger partial charge in [-0.1, -0.05) is 18.2 Å². The van der Waals surface area contributed by atoms with E-state index in [0.717, 1.165) is 5.52 Å². The van der Waals surface area contributed by atoms with E-state index in [2.05, 4.69) is 15.6 Å². The number of fused-ring (bicyclic) bond motifs is 2. The van der Waals surface area contributed by atoms with Gasteiger partial charge in [-0.25, -0.2) is 13.2 Å². The van der Waals surface area contributed by atoms with Crippen molar-refractivity contribution in [2.75, 3.05) is 24.4 Å². The van der Waals surface area contributed by atoms with Crippen molar-refractivity contribution in [2.24, 2.45) is 0 Å². The zero-order valence-electron chi connectivity index (χ0n) is 15.1. The maximum Gasteiger partial charge on any atom is 0.319 e. The van der Waals surface area contributed by atoms with Crippen LogP contribution in [0.25, 0.3) is 10.9 Å². The number of hydrogen-bond acceptors (Lipinski definition) is 5. The van der Waals surface area contributed by atoms with Gasteiger partial charge in [0.25, 0.3) is 0 Å². The van der Waals surface area contributed by atoms with E-state index in [4.69, 9.17) is 9.47 Å². The zero-order chi connectivity index (χ0) is 19.7. The third-order valence-corrected chi connectivity index (χ3v) is 6.32. The zero-order valence-corrected chi connectivity index (χ0v) is 15.9. The van der Waals surface area contributed by atoms with Crippen LogP contribution in [0.15, 0.2) is 47.4 Å². The molecule has 2 amide bonds. The Balaban J connectivity index is 1.38. The number of carbonyl (C=O) groups excluding carboxylic acids is 1. The van der Waals surface area contributed by atoms with Crippen molar-refractivity contribution in [3.05, 3.63) is 48.2 Å². The summed E-state index contributed by atoms with van der Waals surface area (Å²) in [5.74, 6) is 0.964. The van der Waals surface area contributed by atoms with Gasteiger partial charge in [0, 0.05) is 34.9 Å². The molecule has 0 spiro atoms. The van der Waals surface area contributed by atoms with Gasteiger partial charge in [0.2, 0.25) is 6.79 Å². The highest BCUT2D eigenvalue weighted by Gasteiger charge is 2.22. The van der Waals surface area contributed by atoms with Crippen LogP contribution in [0.5, 0.6) is 11.5 Å². The second-order valence-corrected chi connectivity index (χ2v) is 8.44. The van der Waals surface area contributed by atoms with Gasteiger partial charge >= 0.3 is 6.03 Å². The summed E-state index contributed by atoms with van der Waals surface area (Å²) >= 11 is 0. The number of H-pyrrole nitrogens is 1. The van der Waals surface area contributed by atoms with E-state index in [0.29, 0.717) is 28.3 Å². The van der Waals surface area contributed by atoms with Crippen LogP contribution in [0, 0.1) is 6.92 Å². The molecule has 3 N–H and O–H groups in total. The third-order valence-electron chi connectivity index (χ3n) is 4.43. The van der Waals surface area contributed by atoms with Gasteiger partial charge < -0.3 is 25.1 Å². The summed E-state index contributed by atoms with van der Waals surface area (Å²) in [4.78, 5) is 15.4. The number of amides is 2. The number of anilines is 1. The van der Waals surface area contributed by atoms with Crippen molar-refractivity contribution in [1.82, 2.24) is 10.3 Å². The molecular weight excluding hydrogens is 382 g/mol. The minimum Gasteiger partial charge on any atom is -0.454 e. The van der Waals surface area contributed by atoms with Crippen LogP contribution in [0.1, 0.15) is 5.69 Å². The molecule has 1 aliphatic rings. The average molecular weight is 401 g/mol. The largest absolute Gasteiger partial charge is 0.454 e. The maximum absolute atomic E-state index is 12.8. The summed E-state index contributed by atoms with van der Waals surface area (Å²) in [6.45, 7) is 1.86. The van der Waals surface area contributed by atoms with E-state index in [1.54, 1.807) is 37.3 Å². The molecule has 2 aromatic carbocycles. The number of carbonyl (C=O) groups is 1. The molecule has 0 saturated heterocycles. The Labute approximate surface area is 161 Å². The van der Waals surface area contributed by atoms with E-state index < -0.39 is 15.9 Å². The summed E-state index contributed by atoms with van der Waals surface area (Å²) in [5, 5.41) is 5.88. The van der Waals surface area contributed by atoms with Gasteiger partial charge in [0.15, 0.2) is 21.3 Å². The molecule has 9 heteroatoms. The van der Waals surface area contributed by atoms with Gasteiger partial charge in [0.05, 0.1) is 10.6 Å². The fourth-order valence-corrected chi connectivity index (χ4v) is 4.81. The summed E-state index contributed by atoms with van der Waals surface area (Å²) in [6.07, 6.45) is 0. The molecule has 28 heavy (non-hydrogen) atoms. The lowest BCUT2D eigenvalue weighted by molar-refractivity contribution is 0.174. The molecule has 0 saturated carbocycles. The van der Waals surface area contributed by atoms with E-state index in [9.17, 15) is 13.2 Å². The van der Waals surface area contributed by atoms with Crippen LogP contribution in [0.3, 0.4) is 0 Å². The molecule has 1 aliphatic heterocycles. The number of hydrogen-bond donors (Lipinski definition) is 3. The SMILES string of the molecule is Cc1[nH]c2ccccc2c1S(=O)(=O)CCNC(=O)Nc1ccc2c(c1)OCO2. The van der Waals surface area contributed by atoms with Gasteiger partial charge in [-0.05, 0) is 25.1 Å². The fraction of sp³-hybridized carbons (Fsp3) is 0.211. The van der Waals surface area contributed by atoms with Crippen LogP contribution in [0.4, 0.5) is 10.5 Å². The molecule has 0 unspecified atom stereocenters. The van der Waals surface area contributed by atoms with Crippen molar-refractivity contribution in [2.45, 2.75) is 11.8 Å². The second kappa shape index (κ2) is 7.08. The first-order valence-corrected chi connectivity index (χ1v) is 10.3. The molecule has 4 rings (SSSR count). The quantitative estimate of drug-likeness (QED) is 0.609. The number of benzene rings is 2. The van der Waals surface area contributed by atoms with Gasteiger partial charge in [-0.15, -0.1) is 0 Å². The molecule has 2 heterocycles. The van der Waals surface area contributed by atoms with Crippen molar-refractivity contribution in [3.8, 4) is 11.5 Å². The Bertz CT molecular complexity index is 1150. The Kier molecular flexibility index (Phi) is 4.60. The fourth-order valence-electron chi connectivity index (χ4n) is 3.20. The number of nitrogens with one attached hydrogen (secondary N) is 3. The van der Waals surface area contributed by atoms with Crippen LogP contribution in [-0.4, -0.2) is 38.5 Å². The highest BCUT2D eigenvalue weighted by Crippen LogP contribution is 2.34. The van der Waals surface area contributed by atoms with E-state index in [1.807, 2.05) is 12.1 Å². The maximum atomic E-state index is 12.8. The van der Waals surface area contributed by atoms with Crippen molar-refractivity contribution >= 4 is 32.5 Å². The normalized spacial score (nSPS) is 12.9. The minimum atomic E-state index is -3.56. The standard InChI is InChI=1S/C19H19N3O5S/c1-12-18(14-4-2-3-5-15(14)21-12)28(24,25)9-8-20-19(23)22-13-6-7-16-17(10-13)27-11-26-16/h2-7,10,21H,8-9,11H2,1H3,(H2,20,22,23). The summed E-state index contributed by atoms with van der Waals surface area (Å²) < 4.78 is 36.0. The van der Waals surface area contributed by atoms with Gasteiger partial charge in [-0.2, -0.15) is 0 Å². The molecular formula is C19H19N3O5S. The molecule has 0 fully saturated rings. The predicted molar refractivity (Wildman–Crippen MR) is 105 cm³/mol. The van der Waals surface area contributed by atoms with Crippen molar-refractivity contribution < 1.29 is 22.7 Å². The number of para-hydroxylation sites is 1. The highest BCUT2D eigenvalue weighted by atomic mass is 32.2. The lowest BCUT2D eigenvalue weighted by atomic mass is 10.2. The van der Waals surface area contributed by atoms with Crippen molar-refractivity contribution in [1.29, 1.82) is 0 Å². The Morgan fingerprint density at radius 3 is 2.79 bits per heavy atom. The second-order valence-electron chi connectivity index (χ2n) is 6.39.